The Kier molecular flexibility index (Phi) is 3.24. The van der Waals surface area contributed by atoms with E-state index >= 15 is 0 Å². The molecule has 3 N–H and O–H groups in total. The van der Waals surface area contributed by atoms with Crippen molar-refractivity contribution >= 4 is 13.9 Å². The number of carbonyl (C=O) groups excluding carboxylic acids is 1. The summed E-state index contributed by atoms with van der Waals surface area (Å²) in [5.74, 6) is -0.337. The highest BCUT2D eigenvalue weighted by Crippen LogP contribution is 2.40. The van der Waals surface area contributed by atoms with Crippen molar-refractivity contribution in [3.8, 4) is 5.75 Å². The Bertz CT molecular complexity index is 439. The van der Waals surface area contributed by atoms with Gasteiger partial charge in [0.15, 0.2) is 6.29 Å². The molecule has 1 aromatic rings. The monoisotopic (exact) mass is 231 g/mol. The van der Waals surface area contributed by atoms with Crippen LogP contribution in [0, 0.1) is 6.92 Å². The number of carbonyl (C=O) groups is 1. The molecule has 0 unspecified atom stereocenters. The first kappa shape index (κ1) is 11.8. The van der Waals surface area contributed by atoms with Crippen molar-refractivity contribution in [2.75, 3.05) is 0 Å². The van der Waals surface area contributed by atoms with Gasteiger partial charge in [-0.1, -0.05) is 0 Å². The molecule has 0 atom stereocenters. The zero-order valence-electron chi connectivity index (χ0n) is 7.91. The van der Waals surface area contributed by atoms with Crippen LogP contribution in [0.5, 0.6) is 5.75 Å². The maximum absolute atomic E-state index is 10.7. The minimum Gasteiger partial charge on any atom is -0.505 e. The van der Waals surface area contributed by atoms with Gasteiger partial charge in [-0.05, 0) is 12.5 Å². The van der Waals surface area contributed by atoms with Crippen molar-refractivity contribution in [2.24, 2.45) is 0 Å². The van der Waals surface area contributed by atoms with E-state index in [-0.39, 0.29) is 22.6 Å². The average Bonchev–Trinajstić information content (AvgIpc) is 2.10. The third kappa shape index (κ3) is 2.86. The average molecular weight is 231 g/mol. The highest BCUT2D eigenvalue weighted by atomic mass is 31.2. The Morgan fingerprint density at radius 2 is 2.13 bits per heavy atom. The van der Waals surface area contributed by atoms with E-state index in [9.17, 15) is 14.5 Å². The Balaban J connectivity index is 3.25. The zero-order chi connectivity index (χ0) is 11.6. The van der Waals surface area contributed by atoms with Gasteiger partial charge in [0.2, 0.25) is 0 Å². The van der Waals surface area contributed by atoms with Crippen LogP contribution in [-0.4, -0.2) is 26.2 Å². The van der Waals surface area contributed by atoms with Gasteiger partial charge in [0.25, 0.3) is 0 Å². The first-order valence-corrected chi connectivity index (χ1v) is 5.82. The van der Waals surface area contributed by atoms with Gasteiger partial charge in [-0.25, -0.2) is 0 Å². The number of aryl methyl sites for hydroxylation is 1. The number of pyridine rings is 1. The molecule has 0 fully saturated rings. The van der Waals surface area contributed by atoms with E-state index < -0.39 is 13.8 Å². The first-order valence-electron chi connectivity index (χ1n) is 4.02. The van der Waals surface area contributed by atoms with Crippen LogP contribution in [0.15, 0.2) is 6.20 Å². The van der Waals surface area contributed by atoms with Crippen LogP contribution in [-0.2, 0) is 10.7 Å². The summed E-state index contributed by atoms with van der Waals surface area (Å²) in [7, 11) is -4.27. The molecular formula is C8H10NO5P. The quantitative estimate of drug-likeness (QED) is 0.519. The maximum Gasteiger partial charge on any atom is 0.329 e. The van der Waals surface area contributed by atoms with Crippen LogP contribution in [0.4, 0.5) is 0 Å². The second-order valence-electron chi connectivity index (χ2n) is 3.07. The second kappa shape index (κ2) is 4.10. The van der Waals surface area contributed by atoms with Gasteiger partial charge in [0.05, 0.1) is 17.4 Å². The fraction of sp³-hybridized carbons (Fsp3) is 0.250. The number of aldehydes is 1. The Hall–Kier alpha value is -1.23. The minimum absolute atomic E-state index is 0.0430. The Morgan fingerprint density at radius 1 is 1.53 bits per heavy atom. The van der Waals surface area contributed by atoms with Crippen LogP contribution < -0.4 is 0 Å². The Morgan fingerprint density at radius 3 is 2.60 bits per heavy atom. The summed E-state index contributed by atoms with van der Waals surface area (Å²) >= 11 is 0. The number of rotatable bonds is 3. The van der Waals surface area contributed by atoms with Gasteiger partial charge in [-0.15, -0.1) is 0 Å². The standard InChI is InChI=1S/C8H10NO5P/c1-5-8(11)7(3-10)6(2-9-5)4-15(12,13)14/h2-3,11H,4H2,1H3,(H2,12,13,14). The van der Waals surface area contributed by atoms with E-state index in [0.717, 1.165) is 0 Å². The molecule has 0 aromatic carbocycles. The normalized spacial score (nSPS) is 11.4. The lowest BCUT2D eigenvalue weighted by Gasteiger charge is -2.08. The lowest BCUT2D eigenvalue weighted by molar-refractivity contribution is 0.112. The molecule has 0 spiro atoms. The van der Waals surface area contributed by atoms with Crippen molar-refractivity contribution in [2.45, 2.75) is 13.1 Å². The van der Waals surface area contributed by atoms with Crippen molar-refractivity contribution in [1.29, 1.82) is 0 Å². The second-order valence-corrected chi connectivity index (χ2v) is 4.72. The number of hydrogen-bond donors (Lipinski definition) is 3. The molecule has 82 valence electrons. The number of hydrogen-bond acceptors (Lipinski definition) is 4. The van der Waals surface area contributed by atoms with E-state index in [1.165, 1.54) is 13.1 Å². The molecule has 0 saturated heterocycles. The molecule has 0 aliphatic heterocycles. The highest BCUT2D eigenvalue weighted by molar-refractivity contribution is 7.50. The zero-order valence-corrected chi connectivity index (χ0v) is 8.81. The lowest BCUT2D eigenvalue weighted by Crippen LogP contribution is -1.98. The molecule has 6 nitrogen and oxygen atoms in total. The summed E-state index contributed by atoms with van der Waals surface area (Å²) in [6.45, 7) is 1.49. The molecule has 0 aliphatic carbocycles. The predicted octanol–water partition coefficient (Wildman–Crippen LogP) is 0.586. The third-order valence-electron chi connectivity index (χ3n) is 1.85. The van der Waals surface area contributed by atoms with Crippen molar-refractivity contribution < 1.29 is 24.3 Å². The van der Waals surface area contributed by atoms with Gasteiger partial charge >= 0.3 is 7.60 Å². The van der Waals surface area contributed by atoms with Crippen LogP contribution in [0.3, 0.4) is 0 Å². The van der Waals surface area contributed by atoms with Gasteiger partial charge in [-0.3, -0.25) is 14.3 Å². The van der Waals surface area contributed by atoms with Crippen molar-refractivity contribution in [1.82, 2.24) is 4.98 Å². The van der Waals surface area contributed by atoms with Crippen LogP contribution in [0.25, 0.3) is 0 Å². The smallest absolute Gasteiger partial charge is 0.329 e. The maximum atomic E-state index is 10.7. The lowest BCUT2D eigenvalue weighted by atomic mass is 10.1. The van der Waals surface area contributed by atoms with Crippen LogP contribution in [0.1, 0.15) is 21.6 Å². The van der Waals surface area contributed by atoms with Crippen molar-refractivity contribution in [3.05, 3.63) is 23.0 Å². The summed E-state index contributed by atoms with van der Waals surface area (Å²) in [5, 5.41) is 9.43. The van der Waals surface area contributed by atoms with Gasteiger partial charge in [0.1, 0.15) is 5.75 Å². The number of aromatic hydroxyl groups is 1. The third-order valence-corrected chi connectivity index (χ3v) is 2.60. The molecule has 0 saturated carbocycles. The fourth-order valence-electron chi connectivity index (χ4n) is 1.13. The SMILES string of the molecule is Cc1ncc(CP(=O)(O)O)c(C=O)c1O. The van der Waals surface area contributed by atoms with Gasteiger partial charge < -0.3 is 14.9 Å². The number of aromatic nitrogens is 1. The molecule has 1 rings (SSSR count). The summed E-state index contributed by atoms with van der Waals surface area (Å²) < 4.78 is 10.7. The van der Waals surface area contributed by atoms with E-state index in [4.69, 9.17) is 9.79 Å². The predicted molar refractivity (Wildman–Crippen MR) is 51.8 cm³/mol. The molecule has 15 heavy (non-hydrogen) atoms. The molecule has 1 aromatic heterocycles. The van der Waals surface area contributed by atoms with E-state index in [1.807, 2.05) is 0 Å². The van der Waals surface area contributed by atoms with Crippen molar-refractivity contribution in [3.63, 3.8) is 0 Å². The minimum atomic E-state index is -4.27. The summed E-state index contributed by atoms with van der Waals surface area (Å²) in [6, 6.07) is 0. The van der Waals surface area contributed by atoms with E-state index in [2.05, 4.69) is 4.98 Å². The Labute approximate surface area is 85.8 Å². The molecular weight excluding hydrogens is 221 g/mol. The topological polar surface area (TPSA) is 108 Å². The summed E-state index contributed by atoms with van der Waals surface area (Å²) in [5.41, 5.74) is 0.166. The van der Waals surface area contributed by atoms with Gasteiger partial charge in [-0.2, -0.15) is 0 Å². The molecule has 0 radical (unpaired) electrons. The fourth-order valence-corrected chi connectivity index (χ4v) is 1.83. The van der Waals surface area contributed by atoms with E-state index in [1.54, 1.807) is 0 Å². The molecule has 0 bridgehead atoms. The first-order chi connectivity index (χ1) is 6.85. The summed E-state index contributed by atoms with van der Waals surface area (Å²) in [6.07, 6.45) is 0.925. The molecule has 0 aliphatic rings. The van der Waals surface area contributed by atoms with Gasteiger partial charge in [0, 0.05) is 6.20 Å². The molecule has 7 heteroatoms. The largest absolute Gasteiger partial charge is 0.505 e. The van der Waals surface area contributed by atoms with Crippen LogP contribution >= 0.6 is 7.60 Å². The van der Waals surface area contributed by atoms with E-state index in [0.29, 0.717) is 6.29 Å². The highest BCUT2D eigenvalue weighted by Gasteiger charge is 2.19. The summed E-state index contributed by atoms with van der Waals surface area (Å²) in [4.78, 5) is 31.8. The number of nitrogens with zero attached hydrogens (tertiary/aromatic N) is 1. The molecule has 1 heterocycles. The van der Waals surface area contributed by atoms with Crippen LogP contribution in [0.2, 0.25) is 0 Å². The molecule has 0 amide bonds.